The van der Waals surface area contributed by atoms with Crippen LogP contribution >= 0.6 is 11.6 Å². The van der Waals surface area contributed by atoms with Crippen LogP contribution in [-0.2, 0) is 12.7 Å². The molecule has 0 amide bonds. The van der Waals surface area contributed by atoms with E-state index in [-0.39, 0.29) is 16.4 Å². The number of alkyl halides is 3. The van der Waals surface area contributed by atoms with Gasteiger partial charge in [-0.25, -0.2) is 9.97 Å². The van der Waals surface area contributed by atoms with E-state index in [4.69, 9.17) is 11.6 Å². The van der Waals surface area contributed by atoms with Crippen LogP contribution in [0.15, 0.2) is 41.6 Å². The van der Waals surface area contributed by atoms with Crippen LogP contribution in [0, 0.1) is 0 Å². The van der Waals surface area contributed by atoms with Gasteiger partial charge in [0.1, 0.15) is 0 Å². The average Bonchev–Trinajstić information content (AvgIpc) is 2.63. The van der Waals surface area contributed by atoms with Crippen LogP contribution in [0.25, 0.3) is 22.2 Å². The highest BCUT2D eigenvalue weighted by Crippen LogP contribution is 2.31. The first-order valence-electron chi connectivity index (χ1n) is 8.53. The minimum absolute atomic E-state index is 0.0713. The van der Waals surface area contributed by atoms with Crippen molar-refractivity contribution in [3.63, 3.8) is 0 Å². The van der Waals surface area contributed by atoms with Gasteiger partial charge in [0, 0.05) is 36.1 Å². The Hall–Kier alpha value is -2.41. The first-order valence-corrected chi connectivity index (χ1v) is 8.91. The van der Waals surface area contributed by atoms with Crippen molar-refractivity contribution in [1.29, 1.82) is 0 Å². The Morgan fingerprint density at radius 1 is 1.15 bits per heavy atom. The number of unbranched alkanes of at least 4 members (excludes halogenated alkanes) is 2. The zero-order chi connectivity index (χ0) is 19.6. The normalized spacial score (nSPS) is 11.9. The van der Waals surface area contributed by atoms with Crippen LogP contribution < -0.4 is 5.56 Å². The highest BCUT2D eigenvalue weighted by Gasteiger charge is 2.31. The molecule has 27 heavy (non-hydrogen) atoms. The Balaban J connectivity index is 2.00. The summed E-state index contributed by atoms with van der Waals surface area (Å²) in [7, 11) is 0. The predicted octanol–water partition coefficient (Wildman–Crippen LogP) is 5.32. The third kappa shape index (κ3) is 4.13. The molecule has 1 aromatic carbocycles. The summed E-state index contributed by atoms with van der Waals surface area (Å²) < 4.78 is 39.6. The Morgan fingerprint density at radius 2 is 1.85 bits per heavy atom. The third-order valence-electron chi connectivity index (χ3n) is 4.29. The molecule has 0 radical (unpaired) electrons. The van der Waals surface area contributed by atoms with Crippen molar-refractivity contribution in [2.45, 2.75) is 38.9 Å². The van der Waals surface area contributed by atoms with E-state index < -0.39 is 11.7 Å². The van der Waals surface area contributed by atoms with Gasteiger partial charge < -0.3 is 4.57 Å². The Labute approximate surface area is 158 Å². The lowest BCUT2D eigenvalue weighted by Gasteiger charge is -2.10. The largest absolute Gasteiger partial charge is 0.419 e. The molecule has 0 saturated carbocycles. The zero-order valence-corrected chi connectivity index (χ0v) is 15.3. The smallest absolute Gasteiger partial charge is 0.315 e. The van der Waals surface area contributed by atoms with Crippen LogP contribution in [0.3, 0.4) is 0 Å². The van der Waals surface area contributed by atoms with Crippen molar-refractivity contribution in [3.05, 3.63) is 57.7 Å². The Bertz CT molecular complexity index is 1010. The number of halogens is 4. The molecule has 0 aliphatic carbocycles. The molecule has 0 bridgehead atoms. The lowest BCUT2D eigenvalue weighted by Crippen LogP contribution is -2.19. The van der Waals surface area contributed by atoms with Gasteiger partial charge in [0.25, 0.3) is 5.56 Å². The van der Waals surface area contributed by atoms with Gasteiger partial charge in [0.15, 0.2) is 5.82 Å². The van der Waals surface area contributed by atoms with Gasteiger partial charge >= 0.3 is 6.18 Å². The number of hydrogen-bond acceptors (Lipinski definition) is 3. The second-order valence-corrected chi connectivity index (χ2v) is 6.64. The summed E-state index contributed by atoms with van der Waals surface area (Å²) in [5.41, 5.74) is -0.704. The maximum absolute atomic E-state index is 12.7. The summed E-state index contributed by atoms with van der Waals surface area (Å²) in [6, 6.07) is 4.93. The second-order valence-electron chi connectivity index (χ2n) is 6.23. The molecule has 3 aromatic rings. The number of pyridine rings is 1. The standard InChI is InChI=1S/C19H17ClF3N3O/c1-2-3-4-6-26-7-5-12-8-15(16(20)9-14(12)18(26)27)17-24-10-13(11-25-17)19(21,22)23/h5,7-11H,2-4,6H2,1H3. The summed E-state index contributed by atoms with van der Waals surface area (Å²) >= 11 is 6.27. The highest BCUT2D eigenvalue weighted by molar-refractivity contribution is 6.34. The quantitative estimate of drug-likeness (QED) is 0.549. The van der Waals surface area contributed by atoms with E-state index in [2.05, 4.69) is 16.9 Å². The van der Waals surface area contributed by atoms with E-state index in [0.29, 0.717) is 35.3 Å². The molecule has 0 N–H and O–H groups in total. The summed E-state index contributed by atoms with van der Waals surface area (Å²) in [6.07, 6.45) is 1.65. The van der Waals surface area contributed by atoms with Crippen LogP contribution in [0.4, 0.5) is 13.2 Å². The minimum atomic E-state index is -4.51. The summed E-state index contributed by atoms with van der Waals surface area (Å²) in [5.74, 6) is 0.0713. The Morgan fingerprint density at radius 3 is 2.48 bits per heavy atom. The first kappa shape index (κ1) is 19.4. The average molecular weight is 396 g/mol. The molecule has 0 saturated heterocycles. The van der Waals surface area contributed by atoms with E-state index >= 15 is 0 Å². The van der Waals surface area contributed by atoms with Gasteiger partial charge in [-0.1, -0.05) is 31.4 Å². The molecule has 0 unspecified atom stereocenters. The third-order valence-corrected chi connectivity index (χ3v) is 4.60. The van der Waals surface area contributed by atoms with Crippen molar-refractivity contribution in [2.75, 3.05) is 0 Å². The van der Waals surface area contributed by atoms with E-state index in [9.17, 15) is 18.0 Å². The number of rotatable bonds is 5. The molecule has 2 heterocycles. The van der Waals surface area contributed by atoms with Gasteiger partial charge in [-0.15, -0.1) is 0 Å². The zero-order valence-electron chi connectivity index (χ0n) is 14.6. The van der Waals surface area contributed by atoms with Gasteiger partial charge in [0.2, 0.25) is 0 Å². The fourth-order valence-electron chi connectivity index (χ4n) is 2.80. The number of hydrogen-bond donors (Lipinski definition) is 0. The van der Waals surface area contributed by atoms with E-state index in [1.807, 2.05) is 0 Å². The van der Waals surface area contributed by atoms with Crippen molar-refractivity contribution in [1.82, 2.24) is 14.5 Å². The van der Waals surface area contributed by atoms with Gasteiger partial charge in [-0.05, 0) is 30.0 Å². The molecule has 0 spiro atoms. The molecular weight excluding hydrogens is 379 g/mol. The number of aryl methyl sites for hydroxylation is 1. The maximum atomic E-state index is 12.7. The van der Waals surface area contributed by atoms with E-state index in [1.165, 1.54) is 6.07 Å². The number of benzene rings is 1. The van der Waals surface area contributed by atoms with Gasteiger partial charge in [-0.3, -0.25) is 4.79 Å². The topological polar surface area (TPSA) is 47.8 Å². The Kier molecular flexibility index (Phi) is 5.51. The van der Waals surface area contributed by atoms with Crippen LogP contribution in [0.1, 0.15) is 31.7 Å². The predicted molar refractivity (Wildman–Crippen MR) is 98.8 cm³/mol. The molecule has 0 aliphatic heterocycles. The molecule has 2 aromatic heterocycles. The highest BCUT2D eigenvalue weighted by atomic mass is 35.5. The molecule has 0 fully saturated rings. The van der Waals surface area contributed by atoms with Crippen molar-refractivity contribution >= 4 is 22.4 Å². The van der Waals surface area contributed by atoms with Gasteiger partial charge in [-0.2, -0.15) is 13.2 Å². The SMILES string of the molecule is CCCCCn1ccc2cc(-c3ncc(C(F)(F)F)cn3)c(Cl)cc2c1=O. The van der Waals surface area contributed by atoms with Crippen LogP contribution in [0.2, 0.25) is 5.02 Å². The van der Waals surface area contributed by atoms with Crippen LogP contribution in [-0.4, -0.2) is 14.5 Å². The van der Waals surface area contributed by atoms with Crippen LogP contribution in [0.5, 0.6) is 0 Å². The number of aromatic nitrogens is 3. The minimum Gasteiger partial charge on any atom is -0.315 e. The molecule has 142 valence electrons. The number of nitrogens with zero attached hydrogens (tertiary/aromatic N) is 3. The maximum Gasteiger partial charge on any atom is 0.419 e. The monoisotopic (exact) mass is 395 g/mol. The fourth-order valence-corrected chi connectivity index (χ4v) is 3.05. The molecule has 8 heteroatoms. The molecular formula is C19H17ClF3N3O. The lowest BCUT2D eigenvalue weighted by molar-refractivity contribution is -0.138. The summed E-state index contributed by atoms with van der Waals surface area (Å²) in [4.78, 5) is 20.2. The van der Waals surface area contributed by atoms with Crippen molar-refractivity contribution in [2.24, 2.45) is 0 Å². The van der Waals surface area contributed by atoms with Crippen molar-refractivity contribution in [3.8, 4) is 11.4 Å². The van der Waals surface area contributed by atoms with E-state index in [0.717, 1.165) is 19.3 Å². The van der Waals surface area contributed by atoms with E-state index in [1.54, 1.807) is 22.9 Å². The summed E-state index contributed by atoms with van der Waals surface area (Å²) in [6.45, 7) is 2.72. The van der Waals surface area contributed by atoms with Crippen molar-refractivity contribution < 1.29 is 13.2 Å². The fraction of sp³-hybridized carbons (Fsp3) is 0.316. The molecule has 0 aliphatic rings. The first-order chi connectivity index (χ1) is 12.8. The second kappa shape index (κ2) is 7.68. The molecule has 0 atom stereocenters. The number of fused-ring (bicyclic) bond motifs is 1. The summed E-state index contributed by atoms with van der Waals surface area (Å²) in [5, 5.41) is 1.30. The van der Waals surface area contributed by atoms with Gasteiger partial charge in [0.05, 0.1) is 10.6 Å². The molecule has 4 nitrogen and oxygen atoms in total. The molecule has 3 rings (SSSR count). The lowest BCUT2D eigenvalue weighted by atomic mass is 10.1.